The third-order valence-electron chi connectivity index (χ3n) is 6.64. The average molecular weight is 505 g/mol. The van der Waals surface area contributed by atoms with Crippen molar-refractivity contribution in [2.75, 3.05) is 6.79 Å². The van der Waals surface area contributed by atoms with Crippen molar-refractivity contribution in [1.29, 1.82) is 0 Å². The van der Waals surface area contributed by atoms with Gasteiger partial charge in [0.2, 0.25) is 18.6 Å². The van der Waals surface area contributed by atoms with E-state index in [9.17, 15) is 14.0 Å². The van der Waals surface area contributed by atoms with Crippen molar-refractivity contribution in [3.8, 4) is 11.5 Å². The maximum absolute atomic E-state index is 14.7. The lowest BCUT2D eigenvalue weighted by Crippen LogP contribution is -2.52. The molecule has 194 valence electrons. The molecule has 7 heteroatoms. The Morgan fingerprint density at radius 1 is 0.973 bits per heavy atom. The molecule has 1 aliphatic heterocycles. The molecule has 37 heavy (non-hydrogen) atoms. The first-order valence-electron chi connectivity index (χ1n) is 12.7. The standard InChI is InChI=1S/C30H33FN2O4/c1-3-21(2)32-30(35)26(17-22-9-5-4-6-10-22)33(19-24-11-7-8-12-25(24)31)29(34)16-14-23-13-15-27-28(18-23)37-20-36-27/h4-13,15,18,21,26H,3,14,16-17,19-20H2,1-2H3,(H,32,35). The molecule has 2 amide bonds. The van der Waals surface area contributed by atoms with Crippen LogP contribution in [-0.2, 0) is 29.0 Å². The molecule has 0 aromatic heterocycles. The molecule has 3 aromatic rings. The molecule has 1 aliphatic rings. The third-order valence-corrected chi connectivity index (χ3v) is 6.64. The van der Waals surface area contributed by atoms with E-state index in [4.69, 9.17) is 9.47 Å². The van der Waals surface area contributed by atoms with Gasteiger partial charge in [-0.1, -0.05) is 61.5 Å². The molecule has 0 fully saturated rings. The predicted molar refractivity (Wildman–Crippen MR) is 140 cm³/mol. The Kier molecular flexibility index (Phi) is 8.77. The van der Waals surface area contributed by atoms with E-state index in [2.05, 4.69) is 5.32 Å². The molecule has 0 aliphatic carbocycles. The second kappa shape index (κ2) is 12.4. The Labute approximate surface area is 217 Å². The molecule has 4 rings (SSSR count). The van der Waals surface area contributed by atoms with Gasteiger partial charge in [0.15, 0.2) is 11.5 Å². The second-order valence-corrected chi connectivity index (χ2v) is 9.32. The van der Waals surface area contributed by atoms with E-state index < -0.39 is 11.9 Å². The average Bonchev–Trinajstić information content (AvgIpc) is 3.38. The Morgan fingerprint density at radius 3 is 2.46 bits per heavy atom. The van der Waals surface area contributed by atoms with E-state index in [1.807, 2.05) is 62.4 Å². The van der Waals surface area contributed by atoms with Crippen LogP contribution in [0.4, 0.5) is 4.39 Å². The molecular formula is C30H33FN2O4. The van der Waals surface area contributed by atoms with Crippen LogP contribution in [0.2, 0.25) is 0 Å². The summed E-state index contributed by atoms with van der Waals surface area (Å²) >= 11 is 0. The minimum absolute atomic E-state index is 0.00191. The minimum atomic E-state index is -0.791. The number of aryl methyl sites for hydroxylation is 1. The predicted octanol–water partition coefficient (Wildman–Crippen LogP) is 5.04. The summed E-state index contributed by atoms with van der Waals surface area (Å²) in [6, 6.07) is 20.7. The number of amides is 2. The molecular weight excluding hydrogens is 471 g/mol. The van der Waals surface area contributed by atoms with E-state index in [-0.39, 0.29) is 37.6 Å². The highest BCUT2D eigenvalue weighted by atomic mass is 19.1. The Bertz CT molecular complexity index is 1220. The number of fused-ring (bicyclic) bond motifs is 1. The number of hydrogen-bond donors (Lipinski definition) is 1. The zero-order valence-corrected chi connectivity index (χ0v) is 21.3. The van der Waals surface area contributed by atoms with Crippen molar-refractivity contribution in [1.82, 2.24) is 10.2 Å². The third kappa shape index (κ3) is 6.88. The summed E-state index contributed by atoms with van der Waals surface area (Å²) in [5.74, 6) is 0.466. The smallest absolute Gasteiger partial charge is 0.243 e. The van der Waals surface area contributed by atoms with Crippen LogP contribution >= 0.6 is 0 Å². The molecule has 6 nitrogen and oxygen atoms in total. The SMILES string of the molecule is CCC(C)NC(=O)C(Cc1ccccc1)N(Cc1ccccc1F)C(=O)CCc1ccc2c(c1)OCO2. The fraction of sp³-hybridized carbons (Fsp3) is 0.333. The van der Waals surface area contributed by atoms with E-state index >= 15 is 0 Å². The van der Waals surface area contributed by atoms with Crippen molar-refractivity contribution in [2.24, 2.45) is 0 Å². The fourth-order valence-electron chi connectivity index (χ4n) is 4.30. The van der Waals surface area contributed by atoms with Crippen LogP contribution in [0, 0.1) is 5.82 Å². The topological polar surface area (TPSA) is 67.9 Å². The van der Waals surface area contributed by atoms with Crippen LogP contribution in [0.15, 0.2) is 72.8 Å². The second-order valence-electron chi connectivity index (χ2n) is 9.32. The Balaban J connectivity index is 1.61. The number of rotatable bonds is 11. The summed E-state index contributed by atoms with van der Waals surface area (Å²) in [5, 5.41) is 3.03. The lowest BCUT2D eigenvalue weighted by molar-refractivity contribution is -0.141. The number of nitrogens with one attached hydrogen (secondary N) is 1. The minimum Gasteiger partial charge on any atom is -0.454 e. The van der Waals surface area contributed by atoms with Crippen molar-refractivity contribution in [3.05, 3.63) is 95.3 Å². The maximum atomic E-state index is 14.7. The summed E-state index contributed by atoms with van der Waals surface area (Å²) in [6.45, 7) is 4.10. The molecule has 1 heterocycles. The first kappa shape index (κ1) is 26.2. The first-order valence-corrected chi connectivity index (χ1v) is 12.7. The monoisotopic (exact) mass is 504 g/mol. The van der Waals surface area contributed by atoms with Gasteiger partial charge in [-0.25, -0.2) is 4.39 Å². The zero-order valence-electron chi connectivity index (χ0n) is 21.3. The highest BCUT2D eigenvalue weighted by molar-refractivity contribution is 5.88. The molecule has 0 saturated carbocycles. The van der Waals surface area contributed by atoms with E-state index in [0.29, 0.717) is 29.9 Å². The number of benzene rings is 3. The van der Waals surface area contributed by atoms with Crippen LogP contribution in [0.1, 0.15) is 43.4 Å². The number of ether oxygens (including phenoxy) is 2. The van der Waals surface area contributed by atoms with Gasteiger partial charge in [0, 0.05) is 31.0 Å². The van der Waals surface area contributed by atoms with E-state index in [1.165, 1.54) is 11.0 Å². The van der Waals surface area contributed by atoms with Gasteiger partial charge in [0.25, 0.3) is 0 Å². The van der Waals surface area contributed by atoms with E-state index in [1.54, 1.807) is 18.2 Å². The van der Waals surface area contributed by atoms with Crippen molar-refractivity contribution >= 4 is 11.8 Å². The molecule has 3 aromatic carbocycles. The molecule has 1 N–H and O–H groups in total. The molecule has 0 saturated heterocycles. The zero-order chi connectivity index (χ0) is 26.2. The van der Waals surface area contributed by atoms with Crippen molar-refractivity contribution in [3.63, 3.8) is 0 Å². The molecule has 2 unspecified atom stereocenters. The van der Waals surface area contributed by atoms with E-state index in [0.717, 1.165) is 17.5 Å². The van der Waals surface area contributed by atoms with Crippen LogP contribution in [0.3, 0.4) is 0 Å². The number of carbonyl (C=O) groups excluding carboxylic acids is 2. The molecule has 0 radical (unpaired) electrons. The Hall–Kier alpha value is -3.87. The van der Waals surface area contributed by atoms with Crippen molar-refractivity contribution in [2.45, 2.75) is 58.2 Å². The van der Waals surface area contributed by atoms with Gasteiger partial charge >= 0.3 is 0 Å². The number of carbonyl (C=O) groups is 2. The number of hydrogen-bond acceptors (Lipinski definition) is 4. The quantitative estimate of drug-likeness (QED) is 0.397. The molecule has 2 atom stereocenters. The summed E-state index contributed by atoms with van der Waals surface area (Å²) in [7, 11) is 0. The van der Waals surface area contributed by atoms with Gasteiger partial charge in [0.05, 0.1) is 0 Å². The number of halogens is 1. The van der Waals surface area contributed by atoms with Gasteiger partial charge in [0.1, 0.15) is 11.9 Å². The first-order chi connectivity index (χ1) is 17.9. The van der Waals surface area contributed by atoms with Gasteiger partial charge in [-0.05, 0) is 49.1 Å². The van der Waals surface area contributed by atoms with Crippen molar-refractivity contribution < 1.29 is 23.5 Å². The summed E-state index contributed by atoms with van der Waals surface area (Å²) < 4.78 is 25.5. The maximum Gasteiger partial charge on any atom is 0.243 e. The lowest BCUT2D eigenvalue weighted by Gasteiger charge is -2.32. The normalized spacial score (nSPS) is 13.6. The summed E-state index contributed by atoms with van der Waals surface area (Å²) in [4.78, 5) is 28.8. The van der Waals surface area contributed by atoms with Crippen LogP contribution in [0.5, 0.6) is 11.5 Å². The summed E-state index contributed by atoms with van der Waals surface area (Å²) in [5.41, 5.74) is 2.22. The molecule has 0 bridgehead atoms. The Morgan fingerprint density at radius 2 is 1.70 bits per heavy atom. The highest BCUT2D eigenvalue weighted by Crippen LogP contribution is 2.33. The van der Waals surface area contributed by atoms with Crippen LogP contribution in [-0.4, -0.2) is 35.6 Å². The lowest BCUT2D eigenvalue weighted by atomic mass is 10.0. The van der Waals surface area contributed by atoms with Gasteiger partial charge in [-0.15, -0.1) is 0 Å². The van der Waals surface area contributed by atoms with Crippen LogP contribution < -0.4 is 14.8 Å². The van der Waals surface area contributed by atoms with Gasteiger partial charge < -0.3 is 19.7 Å². The highest BCUT2D eigenvalue weighted by Gasteiger charge is 2.31. The van der Waals surface area contributed by atoms with Gasteiger partial charge in [-0.3, -0.25) is 9.59 Å². The van der Waals surface area contributed by atoms with Crippen LogP contribution in [0.25, 0.3) is 0 Å². The fourth-order valence-corrected chi connectivity index (χ4v) is 4.30. The number of nitrogens with zero attached hydrogens (tertiary/aromatic N) is 1. The molecule has 0 spiro atoms. The summed E-state index contributed by atoms with van der Waals surface area (Å²) in [6.07, 6.45) is 1.70. The van der Waals surface area contributed by atoms with Gasteiger partial charge in [-0.2, -0.15) is 0 Å². The largest absolute Gasteiger partial charge is 0.454 e.